The van der Waals surface area contributed by atoms with Gasteiger partial charge in [0.15, 0.2) is 0 Å². The molecule has 1 saturated carbocycles. The lowest BCUT2D eigenvalue weighted by atomic mass is 9.93. The summed E-state index contributed by atoms with van der Waals surface area (Å²) < 4.78 is 70.0. The first-order chi connectivity index (χ1) is 19.5. The molecule has 3 heterocycles. The van der Waals surface area contributed by atoms with Crippen molar-refractivity contribution in [1.82, 2.24) is 9.72 Å². The summed E-state index contributed by atoms with van der Waals surface area (Å²) in [6.45, 7) is 0.580. The third kappa shape index (κ3) is 5.30. The molecule has 1 saturated heterocycles. The molecule has 1 aliphatic carbocycles. The molecule has 1 aliphatic heterocycles. The molecular formula is C30H29F4N3O4. The molecule has 0 amide bonds. The number of fused-ring (bicyclic) bond motifs is 1. The Bertz CT molecular complexity index is 1600. The second kappa shape index (κ2) is 10.2. The van der Waals surface area contributed by atoms with Gasteiger partial charge in [0.25, 0.3) is 0 Å². The normalized spacial score (nSPS) is 17.3. The van der Waals surface area contributed by atoms with Crippen LogP contribution < -0.4 is 4.90 Å². The van der Waals surface area contributed by atoms with Gasteiger partial charge in [0.1, 0.15) is 17.1 Å². The van der Waals surface area contributed by atoms with Gasteiger partial charge >= 0.3 is 12.1 Å². The SMILES string of the molecule is Cn1cc(C(=O)O)c2ccc(N3CCC(F)(COCc4c(-c5ccccc5C(F)(F)F)noc4C4CC4)CC3)cc21. The van der Waals surface area contributed by atoms with Gasteiger partial charge in [-0.1, -0.05) is 23.4 Å². The van der Waals surface area contributed by atoms with E-state index in [1.54, 1.807) is 23.9 Å². The lowest BCUT2D eigenvalue weighted by molar-refractivity contribution is -0.137. The summed E-state index contributed by atoms with van der Waals surface area (Å²) in [5, 5.41) is 14.1. The first-order valence-electron chi connectivity index (χ1n) is 13.5. The lowest BCUT2D eigenvalue weighted by Crippen LogP contribution is -2.44. The first kappa shape index (κ1) is 27.3. The van der Waals surface area contributed by atoms with Crippen LogP contribution in [0.15, 0.2) is 53.2 Å². The number of aromatic carboxylic acids is 1. The van der Waals surface area contributed by atoms with E-state index in [0.717, 1.165) is 30.1 Å². The molecule has 2 aromatic carbocycles. The Balaban J connectivity index is 1.14. The third-order valence-corrected chi connectivity index (χ3v) is 8.09. The van der Waals surface area contributed by atoms with Crippen LogP contribution in [0.3, 0.4) is 0 Å². The number of piperidine rings is 1. The highest BCUT2D eigenvalue weighted by Crippen LogP contribution is 2.46. The molecule has 0 unspecified atom stereocenters. The number of carboxylic acids is 1. The van der Waals surface area contributed by atoms with Crippen LogP contribution >= 0.6 is 0 Å². The molecule has 4 aromatic rings. The highest BCUT2D eigenvalue weighted by atomic mass is 19.4. The number of carboxylic acid groups (broad SMARTS) is 1. The van der Waals surface area contributed by atoms with E-state index in [1.165, 1.54) is 18.2 Å². The molecule has 11 heteroatoms. The lowest BCUT2D eigenvalue weighted by Gasteiger charge is -2.37. The first-order valence-corrected chi connectivity index (χ1v) is 13.5. The van der Waals surface area contributed by atoms with Gasteiger partial charge in [0.2, 0.25) is 0 Å². The zero-order valence-corrected chi connectivity index (χ0v) is 22.4. The van der Waals surface area contributed by atoms with Crippen molar-refractivity contribution >= 4 is 22.6 Å². The van der Waals surface area contributed by atoms with Gasteiger partial charge in [-0.05, 0) is 37.1 Å². The van der Waals surface area contributed by atoms with E-state index < -0.39 is 23.4 Å². The fourth-order valence-corrected chi connectivity index (χ4v) is 5.66. The second-order valence-corrected chi connectivity index (χ2v) is 11.0. The summed E-state index contributed by atoms with van der Waals surface area (Å²) in [6.07, 6.45) is -0.847. The standard InChI is InChI=1S/C30H29F4N3O4/c1-36-15-22(28(38)39)20-9-8-19(14-25(20)36)37-12-10-29(31,11-13-37)17-40-16-23-26(35-41-27(23)18-6-7-18)21-4-2-3-5-24(21)30(32,33)34/h2-5,8-9,14-15,18H,6-7,10-13,16-17H2,1H3,(H,38,39). The van der Waals surface area contributed by atoms with E-state index in [-0.39, 0.29) is 48.8 Å². The molecule has 2 aromatic heterocycles. The molecule has 216 valence electrons. The van der Waals surface area contributed by atoms with E-state index >= 15 is 4.39 Å². The molecule has 0 radical (unpaired) electrons. The fourth-order valence-electron chi connectivity index (χ4n) is 5.66. The van der Waals surface area contributed by atoms with Crippen LogP contribution in [-0.4, -0.2) is 46.2 Å². The number of aryl methyl sites for hydroxylation is 1. The Kier molecular flexibility index (Phi) is 6.80. The summed E-state index contributed by atoms with van der Waals surface area (Å²) in [6, 6.07) is 10.8. The summed E-state index contributed by atoms with van der Waals surface area (Å²) in [5.41, 5.74) is -0.0549. The second-order valence-electron chi connectivity index (χ2n) is 11.0. The number of ether oxygens (including phenoxy) is 1. The summed E-state index contributed by atoms with van der Waals surface area (Å²) in [4.78, 5) is 13.6. The van der Waals surface area contributed by atoms with Crippen LogP contribution in [0.25, 0.3) is 22.2 Å². The smallest absolute Gasteiger partial charge is 0.417 e. The molecule has 41 heavy (non-hydrogen) atoms. The number of alkyl halides is 4. The third-order valence-electron chi connectivity index (χ3n) is 8.09. The minimum absolute atomic E-state index is 0.0804. The Morgan fingerprint density at radius 2 is 1.90 bits per heavy atom. The van der Waals surface area contributed by atoms with Crippen molar-refractivity contribution in [1.29, 1.82) is 0 Å². The molecule has 0 bridgehead atoms. The minimum Gasteiger partial charge on any atom is -0.478 e. The zero-order chi connectivity index (χ0) is 28.9. The number of hydrogen-bond donors (Lipinski definition) is 1. The Hall–Kier alpha value is -3.86. The highest BCUT2D eigenvalue weighted by molar-refractivity contribution is 6.04. The molecule has 6 rings (SSSR count). The maximum Gasteiger partial charge on any atom is 0.417 e. The molecule has 1 N–H and O–H groups in total. The van der Waals surface area contributed by atoms with E-state index in [2.05, 4.69) is 10.1 Å². The van der Waals surface area contributed by atoms with Gasteiger partial charge in [0, 0.05) is 67.3 Å². The average molecular weight is 572 g/mol. The van der Waals surface area contributed by atoms with Gasteiger partial charge in [-0.3, -0.25) is 0 Å². The Morgan fingerprint density at radius 1 is 1.17 bits per heavy atom. The predicted octanol–water partition coefficient (Wildman–Crippen LogP) is 6.95. The molecule has 0 atom stereocenters. The molecule has 2 aliphatic rings. The van der Waals surface area contributed by atoms with Crippen LogP contribution in [0.5, 0.6) is 0 Å². The van der Waals surface area contributed by atoms with Gasteiger partial charge < -0.3 is 23.8 Å². The van der Waals surface area contributed by atoms with Crippen molar-refractivity contribution in [2.45, 2.75) is 50.1 Å². The Labute approximate surface area is 233 Å². The van der Waals surface area contributed by atoms with Crippen LogP contribution in [0.1, 0.15) is 58.8 Å². The number of benzene rings is 2. The van der Waals surface area contributed by atoms with Crippen molar-refractivity contribution in [2.24, 2.45) is 7.05 Å². The number of rotatable bonds is 8. The average Bonchev–Trinajstić information content (AvgIpc) is 3.61. The largest absolute Gasteiger partial charge is 0.478 e. The van der Waals surface area contributed by atoms with Crippen molar-refractivity contribution in [3.8, 4) is 11.3 Å². The summed E-state index contributed by atoms with van der Waals surface area (Å²) >= 11 is 0. The number of carbonyl (C=O) groups is 1. The number of nitrogens with zero attached hydrogens (tertiary/aromatic N) is 3. The van der Waals surface area contributed by atoms with Gasteiger partial charge in [-0.25, -0.2) is 9.18 Å². The summed E-state index contributed by atoms with van der Waals surface area (Å²) in [5.74, 6) is -0.388. The van der Waals surface area contributed by atoms with E-state index in [4.69, 9.17) is 9.26 Å². The van der Waals surface area contributed by atoms with Crippen molar-refractivity contribution < 1.29 is 36.7 Å². The van der Waals surface area contributed by atoms with E-state index in [1.807, 2.05) is 12.1 Å². The Morgan fingerprint density at radius 3 is 2.59 bits per heavy atom. The van der Waals surface area contributed by atoms with E-state index in [9.17, 15) is 23.1 Å². The minimum atomic E-state index is -4.56. The number of halogens is 4. The van der Waals surface area contributed by atoms with Crippen LogP contribution in [0, 0.1) is 0 Å². The van der Waals surface area contributed by atoms with Crippen LogP contribution in [0.2, 0.25) is 0 Å². The molecule has 0 spiro atoms. The van der Waals surface area contributed by atoms with Crippen molar-refractivity contribution in [3.63, 3.8) is 0 Å². The van der Waals surface area contributed by atoms with Crippen molar-refractivity contribution in [3.05, 3.63) is 71.1 Å². The number of anilines is 1. The molecule has 2 fully saturated rings. The maximum atomic E-state index is 15.8. The maximum absolute atomic E-state index is 15.8. The monoisotopic (exact) mass is 571 g/mol. The van der Waals surface area contributed by atoms with Crippen molar-refractivity contribution in [2.75, 3.05) is 24.6 Å². The van der Waals surface area contributed by atoms with Gasteiger partial charge in [0.05, 0.1) is 29.9 Å². The fraction of sp³-hybridized carbons (Fsp3) is 0.400. The summed E-state index contributed by atoms with van der Waals surface area (Å²) in [7, 11) is 1.79. The molecule has 7 nitrogen and oxygen atoms in total. The number of aromatic nitrogens is 2. The van der Waals surface area contributed by atoms with Crippen LogP contribution in [0.4, 0.5) is 23.2 Å². The van der Waals surface area contributed by atoms with Gasteiger partial charge in [-0.2, -0.15) is 13.2 Å². The van der Waals surface area contributed by atoms with E-state index in [0.29, 0.717) is 29.8 Å². The van der Waals surface area contributed by atoms with Gasteiger partial charge in [-0.15, -0.1) is 0 Å². The molecular weight excluding hydrogens is 542 g/mol. The topological polar surface area (TPSA) is 80.7 Å². The predicted molar refractivity (Wildman–Crippen MR) is 144 cm³/mol. The highest BCUT2D eigenvalue weighted by Gasteiger charge is 2.39. The number of hydrogen-bond acceptors (Lipinski definition) is 5. The zero-order valence-electron chi connectivity index (χ0n) is 22.4. The van der Waals surface area contributed by atoms with Crippen LogP contribution in [-0.2, 0) is 24.6 Å². The quantitative estimate of drug-likeness (QED) is 0.231.